The smallest absolute Gasteiger partial charge is 0.173 e. The van der Waals surface area contributed by atoms with Gasteiger partial charge in [0.1, 0.15) is 11.8 Å². The maximum Gasteiger partial charge on any atom is 0.173 e. The molecule has 0 amide bonds. The van der Waals surface area contributed by atoms with E-state index in [0.29, 0.717) is 11.8 Å². The zero-order valence-electron chi connectivity index (χ0n) is 9.77. The van der Waals surface area contributed by atoms with Gasteiger partial charge in [-0.25, -0.2) is 18.4 Å². The minimum Gasteiger partial charge on any atom is -0.296 e. The molecule has 0 aromatic heterocycles. The number of nitrogens with zero attached hydrogens (tertiary/aromatic N) is 2. The quantitative estimate of drug-likeness (QED) is 0.777. The zero-order chi connectivity index (χ0) is 12.0. The molecule has 0 aromatic carbocycles. The van der Waals surface area contributed by atoms with E-state index in [1.54, 1.807) is 6.92 Å². The Bertz CT molecular complexity index is 341. The van der Waals surface area contributed by atoms with Crippen molar-refractivity contribution in [3.05, 3.63) is 0 Å². The minimum atomic E-state index is -2.92. The summed E-state index contributed by atoms with van der Waals surface area (Å²) in [6, 6.07) is 0. The number of nitrogens with one attached hydrogen (secondary N) is 1. The van der Waals surface area contributed by atoms with Crippen LogP contribution in [0.2, 0.25) is 0 Å². The van der Waals surface area contributed by atoms with Crippen molar-refractivity contribution in [3.8, 4) is 0 Å². The summed E-state index contributed by atoms with van der Waals surface area (Å²) in [7, 11) is -2.92. The minimum absolute atomic E-state index is 0.108. The molecule has 0 fully saturated rings. The van der Waals surface area contributed by atoms with Crippen LogP contribution in [-0.2, 0) is 9.84 Å². The van der Waals surface area contributed by atoms with Crippen LogP contribution in [0.25, 0.3) is 0 Å². The number of hydrazine groups is 1. The molecular weight excluding hydrogens is 246 g/mol. The Morgan fingerprint density at radius 1 is 1.50 bits per heavy atom. The van der Waals surface area contributed by atoms with Crippen molar-refractivity contribution in [1.29, 1.82) is 0 Å². The molecule has 7 heteroatoms. The van der Waals surface area contributed by atoms with Crippen LogP contribution < -0.4 is 5.43 Å². The lowest BCUT2D eigenvalue weighted by Crippen LogP contribution is -2.35. The lowest BCUT2D eigenvalue weighted by atomic mass is 10.3. The molecule has 5 nitrogen and oxygen atoms in total. The van der Waals surface area contributed by atoms with Gasteiger partial charge in [-0.05, 0) is 6.42 Å². The lowest BCUT2D eigenvalue weighted by Gasteiger charge is -2.14. The van der Waals surface area contributed by atoms with Gasteiger partial charge in [0.15, 0.2) is 15.0 Å². The summed E-state index contributed by atoms with van der Waals surface area (Å²) in [6.07, 6.45) is 2.26. The van der Waals surface area contributed by atoms with E-state index in [1.807, 2.05) is 5.01 Å². The number of rotatable bonds is 6. The van der Waals surface area contributed by atoms with Crippen molar-refractivity contribution in [1.82, 2.24) is 10.4 Å². The molecule has 1 aliphatic rings. The summed E-state index contributed by atoms with van der Waals surface area (Å²) in [5.41, 5.74) is 3.10. The average Bonchev–Trinajstić information content (AvgIpc) is 2.72. The van der Waals surface area contributed by atoms with Crippen LogP contribution in [0.4, 0.5) is 0 Å². The summed E-state index contributed by atoms with van der Waals surface area (Å²) in [5.74, 6) is 0.187. The molecule has 1 N–H and O–H groups in total. The third kappa shape index (κ3) is 4.71. The molecule has 0 unspecified atom stereocenters. The Labute approximate surface area is 102 Å². The molecule has 0 saturated carbocycles. The standard InChI is InChI=1S/C9H19N3O2S2/c1-3-5-6-12-7-10-9(11-12)15-8-16(13,14)4-2/h3-8H2,1-2H3,(H,10,11). The largest absolute Gasteiger partial charge is 0.296 e. The monoisotopic (exact) mass is 265 g/mol. The third-order valence-corrected chi connectivity index (χ3v) is 5.52. The molecule has 1 heterocycles. The van der Waals surface area contributed by atoms with Gasteiger partial charge in [-0.3, -0.25) is 5.43 Å². The fourth-order valence-electron chi connectivity index (χ4n) is 1.14. The molecule has 1 rings (SSSR count). The van der Waals surface area contributed by atoms with Gasteiger partial charge in [0.2, 0.25) is 0 Å². The highest BCUT2D eigenvalue weighted by atomic mass is 32.3. The van der Waals surface area contributed by atoms with Gasteiger partial charge >= 0.3 is 0 Å². The molecule has 0 atom stereocenters. The SMILES string of the molecule is CCCCN1CN=C(SCS(=O)(=O)CC)N1. The van der Waals surface area contributed by atoms with E-state index < -0.39 is 9.84 Å². The van der Waals surface area contributed by atoms with Gasteiger partial charge in [-0.1, -0.05) is 32.0 Å². The zero-order valence-corrected chi connectivity index (χ0v) is 11.4. The first-order valence-corrected chi connectivity index (χ1v) is 8.27. The number of hydrogen-bond donors (Lipinski definition) is 1. The van der Waals surface area contributed by atoms with Gasteiger partial charge < -0.3 is 0 Å². The van der Waals surface area contributed by atoms with Crippen molar-refractivity contribution in [2.45, 2.75) is 26.7 Å². The second kappa shape index (κ2) is 6.46. The summed E-state index contributed by atoms with van der Waals surface area (Å²) in [4.78, 5) is 4.24. The van der Waals surface area contributed by atoms with Gasteiger partial charge in [-0.15, -0.1) is 0 Å². The van der Waals surface area contributed by atoms with Crippen LogP contribution in [0.3, 0.4) is 0 Å². The predicted octanol–water partition coefficient (Wildman–Crippen LogP) is 1.05. The fourth-order valence-corrected chi connectivity index (χ4v) is 3.31. The van der Waals surface area contributed by atoms with Gasteiger partial charge in [0, 0.05) is 12.3 Å². The summed E-state index contributed by atoms with van der Waals surface area (Å²) < 4.78 is 22.6. The molecule has 0 radical (unpaired) electrons. The molecule has 0 bridgehead atoms. The van der Waals surface area contributed by atoms with E-state index >= 15 is 0 Å². The second-order valence-electron chi connectivity index (χ2n) is 3.63. The van der Waals surface area contributed by atoms with Crippen molar-refractivity contribution in [2.24, 2.45) is 4.99 Å². The number of aliphatic imine (C=N–C) groups is 1. The Kier molecular flexibility index (Phi) is 5.57. The fraction of sp³-hybridized carbons (Fsp3) is 0.889. The van der Waals surface area contributed by atoms with E-state index in [4.69, 9.17) is 0 Å². The van der Waals surface area contributed by atoms with E-state index in [9.17, 15) is 8.42 Å². The maximum atomic E-state index is 11.3. The van der Waals surface area contributed by atoms with Crippen LogP contribution in [0.1, 0.15) is 26.7 Å². The Hall–Kier alpha value is -0.270. The number of thioether (sulfide) groups is 1. The van der Waals surface area contributed by atoms with Crippen LogP contribution in [0.15, 0.2) is 4.99 Å². The first-order chi connectivity index (χ1) is 7.57. The van der Waals surface area contributed by atoms with E-state index in [0.717, 1.165) is 19.4 Å². The molecule has 0 aromatic rings. The Morgan fingerprint density at radius 3 is 2.88 bits per heavy atom. The molecule has 16 heavy (non-hydrogen) atoms. The summed E-state index contributed by atoms with van der Waals surface area (Å²) in [6.45, 7) is 5.37. The van der Waals surface area contributed by atoms with Crippen LogP contribution in [0, 0.1) is 0 Å². The Morgan fingerprint density at radius 2 is 2.25 bits per heavy atom. The van der Waals surface area contributed by atoms with Crippen LogP contribution in [-0.4, -0.2) is 42.6 Å². The molecular formula is C9H19N3O2S2. The summed E-state index contributed by atoms with van der Waals surface area (Å²) in [5, 5.41) is 2.83. The number of unbranched alkanes of at least 4 members (excludes halogenated alkanes) is 1. The van der Waals surface area contributed by atoms with Crippen molar-refractivity contribution >= 4 is 26.8 Å². The molecule has 0 spiro atoms. The van der Waals surface area contributed by atoms with E-state index in [1.165, 1.54) is 11.8 Å². The molecule has 0 saturated heterocycles. The Balaban J connectivity index is 2.26. The second-order valence-corrected chi connectivity index (χ2v) is 7.31. The van der Waals surface area contributed by atoms with Crippen molar-refractivity contribution in [3.63, 3.8) is 0 Å². The highest BCUT2D eigenvalue weighted by molar-refractivity contribution is 8.21. The molecule has 0 aliphatic carbocycles. The highest BCUT2D eigenvalue weighted by Gasteiger charge is 2.17. The maximum absolute atomic E-state index is 11.3. The van der Waals surface area contributed by atoms with E-state index in [2.05, 4.69) is 17.3 Å². The van der Waals surface area contributed by atoms with Gasteiger partial charge in [-0.2, -0.15) is 0 Å². The first-order valence-electron chi connectivity index (χ1n) is 5.46. The lowest BCUT2D eigenvalue weighted by molar-refractivity contribution is 0.263. The van der Waals surface area contributed by atoms with Crippen molar-refractivity contribution in [2.75, 3.05) is 24.1 Å². The normalized spacial score (nSPS) is 17.2. The first kappa shape index (κ1) is 13.8. The number of amidine groups is 1. The van der Waals surface area contributed by atoms with Crippen LogP contribution in [0.5, 0.6) is 0 Å². The topological polar surface area (TPSA) is 61.8 Å². The number of hydrogen-bond acceptors (Lipinski definition) is 6. The molecule has 94 valence electrons. The third-order valence-electron chi connectivity index (χ3n) is 2.24. The number of sulfone groups is 1. The van der Waals surface area contributed by atoms with Crippen LogP contribution >= 0.6 is 11.8 Å². The summed E-state index contributed by atoms with van der Waals surface area (Å²) >= 11 is 1.26. The van der Waals surface area contributed by atoms with E-state index in [-0.39, 0.29) is 10.8 Å². The predicted molar refractivity (Wildman–Crippen MR) is 69.0 cm³/mol. The average molecular weight is 265 g/mol. The molecule has 1 aliphatic heterocycles. The van der Waals surface area contributed by atoms with Crippen molar-refractivity contribution < 1.29 is 8.42 Å². The van der Waals surface area contributed by atoms with Gasteiger partial charge in [0.25, 0.3) is 0 Å². The van der Waals surface area contributed by atoms with Gasteiger partial charge in [0.05, 0.1) is 0 Å². The highest BCUT2D eigenvalue weighted by Crippen LogP contribution is 2.11.